The van der Waals surface area contributed by atoms with E-state index in [9.17, 15) is 4.79 Å². The minimum Gasteiger partial charge on any atom is -0.356 e. The molecule has 1 amide bonds. The van der Waals surface area contributed by atoms with Gasteiger partial charge < -0.3 is 5.32 Å². The summed E-state index contributed by atoms with van der Waals surface area (Å²) >= 11 is 1.62. The Hall–Kier alpha value is -1.23. The van der Waals surface area contributed by atoms with Gasteiger partial charge in [0.2, 0.25) is 5.91 Å². The lowest BCUT2D eigenvalue weighted by atomic mass is 9.45. The topological polar surface area (TPSA) is 54.9 Å². The number of carbonyl (C=O) groups excluding carboxylic acids is 1. The van der Waals surface area contributed by atoms with Crippen molar-refractivity contribution < 1.29 is 4.79 Å². The molecule has 0 aliphatic heterocycles. The van der Waals surface area contributed by atoms with Crippen LogP contribution in [0.15, 0.2) is 11.6 Å². The smallest absolute Gasteiger partial charge is 0.223 e. The van der Waals surface area contributed by atoms with E-state index in [-0.39, 0.29) is 22.7 Å². The molecule has 1 aromatic rings. The predicted octanol–water partition coefficient (Wildman–Crippen LogP) is 5.54. The van der Waals surface area contributed by atoms with Crippen LogP contribution in [0.5, 0.6) is 0 Å². The molecule has 7 atom stereocenters. The molecule has 0 unspecified atom stereocenters. The first-order valence-corrected chi connectivity index (χ1v) is 13.2. The summed E-state index contributed by atoms with van der Waals surface area (Å²) in [4.78, 5) is 14.1. The van der Waals surface area contributed by atoms with Crippen molar-refractivity contribution in [3.8, 4) is 0 Å². The Labute approximate surface area is 191 Å². The fraction of sp³-hybridized carbons (Fsp3) is 0.808. The van der Waals surface area contributed by atoms with Crippen LogP contribution in [0.3, 0.4) is 0 Å². The monoisotopic (exact) mass is 441 g/mol. The summed E-state index contributed by atoms with van der Waals surface area (Å²) in [5.41, 5.74) is 3.35. The highest BCUT2D eigenvalue weighted by Gasteiger charge is 2.61. The zero-order valence-corrected chi connectivity index (χ0v) is 20.9. The van der Waals surface area contributed by atoms with Crippen LogP contribution in [0, 0.1) is 40.4 Å². The van der Waals surface area contributed by atoms with E-state index in [1.807, 2.05) is 6.92 Å². The lowest BCUT2D eigenvalue weighted by Crippen LogP contribution is -2.54. The molecule has 4 aliphatic carbocycles. The van der Waals surface area contributed by atoms with E-state index >= 15 is 0 Å². The molecule has 0 aromatic carbocycles. The lowest BCUT2D eigenvalue weighted by molar-refractivity contribution is -0.129. The molecule has 2 saturated carbocycles. The fourth-order valence-corrected chi connectivity index (χ4v) is 9.90. The summed E-state index contributed by atoms with van der Waals surface area (Å²) in [5.74, 6) is 3.12. The van der Waals surface area contributed by atoms with Crippen LogP contribution >= 0.6 is 11.5 Å². The van der Waals surface area contributed by atoms with Gasteiger partial charge in [0.25, 0.3) is 0 Å². The number of hydrogen-bond acceptors (Lipinski definition) is 4. The van der Waals surface area contributed by atoms with Crippen molar-refractivity contribution in [2.75, 3.05) is 6.54 Å². The molecule has 4 nitrogen and oxygen atoms in total. The third-order valence-electron chi connectivity index (χ3n) is 10.3. The van der Waals surface area contributed by atoms with Crippen LogP contribution in [0.2, 0.25) is 0 Å². The van der Waals surface area contributed by atoms with E-state index in [1.54, 1.807) is 17.1 Å². The van der Waals surface area contributed by atoms with E-state index in [0.717, 1.165) is 30.7 Å². The largest absolute Gasteiger partial charge is 0.356 e. The van der Waals surface area contributed by atoms with Gasteiger partial charge in [0.1, 0.15) is 0 Å². The minimum atomic E-state index is -0.00792. The molecule has 2 fully saturated rings. The molecule has 5 heteroatoms. The first kappa shape index (κ1) is 21.6. The molecule has 0 spiro atoms. The maximum Gasteiger partial charge on any atom is 0.223 e. The Morgan fingerprint density at radius 2 is 2.00 bits per heavy atom. The van der Waals surface area contributed by atoms with Crippen LogP contribution in [-0.2, 0) is 16.6 Å². The number of allylic oxidation sites excluding steroid dienone is 2. The predicted molar refractivity (Wildman–Crippen MR) is 126 cm³/mol. The average molecular weight is 442 g/mol. The second-order valence-electron chi connectivity index (χ2n) is 11.9. The van der Waals surface area contributed by atoms with Crippen molar-refractivity contribution in [2.24, 2.45) is 40.4 Å². The highest BCUT2D eigenvalue weighted by molar-refractivity contribution is 7.05. The fourth-order valence-electron chi connectivity index (χ4n) is 8.93. The van der Waals surface area contributed by atoms with Crippen LogP contribution in [0.25, 0.3) is 0 Å². The number of fused-ring (bicyclic) bond motifs is 6. The Morgan fingerprint density at radius 3 is 2.74 bits per heavy atom. The van der Waals surface area contributed by atoms with Gasteiger partial charge in [-0.05, 0) is 91.5 Å². The van der Waals surface area contributed by atoms with Gasteiger partial charge in [-0.2, -0.15) is 0 Å². The van der Waals surface area contributed by atoms with Gasteiger partial charge in [0, 0.05) is 17.9 Å². The Kier molecular flexibility index (Phi) is 4.97. The van der Waals surface area contributed by atoms with Gasteiger partial charge in [-0.15, -0.1) is 5.10 Å². The summed E-state index contributed by atoms with van der Waals surface area (Å²) in [5, 5.41) is 7.64. The van der Waals surface area contributed by atoms with Crippen molar-refractivity contribution >= 4 is 17.4 Å². The molecule has 0 radical (unpaired) electrons. The van der Waals surface area contributed by atoms with E-state index in [4.69, 9.17) is 0 Å². The van der Waals surface area contributed by atoms with E-state index < -0.39 is 0 Å². The highest BCUT2D eigenvalue weighted by atomic mass is 32.1. The highest BCUT2D eigenvalue weighted by Crippen LogP contribution is 2.68. The summed E-state index contributed by atoms with van der Waals surface area (Å²) in [6, 6.07) is 0. The summed E-state index contributed by atoms with van der Waals surface area (Å²) < 4.78 is 4.34. The molecule has 170 valence electrons. The van der Waals surface area contributed by atoms with Gasteiger partial charge in [-0.1, -0.05) is 50.8 Å². The molecule has 1 aromatic heterocycles. The molecule has 5 rings (SSSR count). The molecule has 31 heavy (non-hydrogen) atoms. The number of nitrogens with one attached hydrogen (secondary N) is 1. The number of aromatic nitrogens is 2. The van der Waals surface area contributed by atoms with Crippen LogP contribution in [-0.4, -0.2) is 22.0 Å². The normalized spacial score (nSPS) is 41.3. The summed E-state index contributed by atoms with van der Waals surface area (Å²) in [6.07, 6.45) is 9.99. The van der Waals surface area contributed by atoms with Crippen LogP contribution < -0.4 is 5.32 Å². The zero-order valence-electron chi connectivity index (χ0n) is 20.1. The van der Waals surface area contributed by atoms with Crippen molar-refractivity contribution in [2.45, 2.75) is 85.5 Å². The van der Waals surface area contributed by atoms with Gasteiger partial charge in [-0.3, -0.25) is 4.79 Å². The van der Waals surface area contributed by atoms with Gasteiger partial charge in [-0.25, -0.2) is 0 Å². The first-order chi connectivity index (χ1) is 14.6. The zero-order chi connectivity index (χ0) is 22.2. The standard InChI is InChI=1S/C26H39N3OS/c1-7-27-23(30)15(2)17-9-10-18-16-8-11-21-24(3,4)22-20(31-29-28-22)14-26(21,6)19(16)12-13-25(17,18)5/h11,15-19H,7-10,12-14H2,1-6H3,(H,27,30)/t15-,16-,17+,18-,19-,25+,26+/m0/s1. The third-order valence-corrected chi connectivity index (χ3v) is 11.0. The van der Waals surface area contributed by atoms with Gasteiger partial charge in [0.15, 0.2) is 0 Å². The third kappa shape index (κ3) is 2.87. The van der Waals surface area contributed by atoms with Gasteiger partial charge >= 0.3 is 0 Å². The van der Waals surface area contributed by atoms with Crippen molar-refractivity contribution in [1.29, 1.82) is 0 Å². The average Bonchev–Trinajstić information content (AvgIpc) is 3.31. The molecular weight excluding hydrogens is 402 g/mol. The second kappa shape index (κ2) is 7.13. The first-order valence-electron chi connectivity index (χ1n) is 12.4. The quantitative estimate of drug-likeness (QED) is 0.627. The Bertz CT molecular complexity index is 920. The SMILES string of the molecule is CCNC(=O)[C@@H](C)[C@H]1CC[C@H]2[C@@H]3CC=C4C(C)(C)c5nnsc5C[C@]4(C)[C@H]3CC[C@]12C. The number of nitrogens with zero attached hydrogens (tertiary/aromatic N) is 2. The van der Waals surface area contributed by atoms with E-state index in [1.165, 1.54) is 42.7 Å². The van der Waals surface area contributed by atoms with Gasteiger partial charge in [0.05, 0.1) is 10.6 Å². The maximum atomic E-state index is 12.7. The van der Waals surface area contributed by atoms with Crippen LogP contribution in [0.4, 0.5) is 0 Å². The molecule has 1 heterocycles. The molecular formula is C26H39N3OS. The number of hydrogen-bond donors (Lipinski definition) is 1. The molecule has 1 N–H and O–H groups in total. The second-order valence-corrected chi connectivity index (χ2v) is 12.7. The molecule has 4 aliphatic rings. The summed E-state index contributed by atoms with van der Waals surface area (Å²) in [7, 11) is 0. The van der Waals surface area contributed by atoms with Crippen molar-refractivity contribution in [3.05, 3.63) is 22.2 Å². The number of carbonyl (C=O) groups is 1. The van der Waals surface area contributed by atoms with E-state index in [2.05, 4.69) is 55.6 Å². The van der Waals surface area contributed by atoms with Crippen molar-refractivity contribution in [1.82, 2.24) is 14.9 Å². The van der Waals surface area contributed by atoms with E-state index in [0.29, 0.717) is 11.3 Å². The van der Waals surface area contributed by atoms with Crippen molar-refractivity contribution in [3.63, 3.8) is 0 Å². The molecule has 0 saturated heterocycles. The Morgan fingerprint density at radius 1 is 1.23 bits per heavy atom. The number of rotatable bonds is 3. The number of amides is 1. The van der Waals surface area contributed by atoms with Crippen LogP contribution in [0.1, 0.15) is 84.2 Å². The summed E-state index contributed by atoms with van der Waals surface area (Å²) in [6.45, 7) is 14.7. The maximum absolute atomic E-state index is 12.7. The molecule has 0 bridgehead atoms. The minimum absolute atomic E-state index is 0.00792. The lowest BCUT2D eigenvalue weighted by Gasteiger charge is -2.59. The Balaban J connectivity index is 1.47.